The van der Waals surface area contributed by atoms with Crippen LogP contribution in [0.3, 0.4) is 0 Å². The molecule has 0 saturated carbocycles. The molecule has 0 fully saturated rings. The van der Waals surface area contributed by atoms with Gasteiger partial charge in [0.25, 0.3) is 0 Å². The Morgan fingerprint density at radius 1 is 1.12 bits per heavy atom. The molecule has 1 aromatic heterocycles. The molecule has 2 nitrogen and oxygen atoms in total. The lowest BCUT2D eigenvalue weighted by Crippen LogP contribution is -2.04. The number of aliphatic hydroxyl groups excluding tert-OH is 1. The molecule has 1 N–H and O–H groups in total. The monoisotopic (exact) mass is 237 g/mol. The normalized spacial score (nSPS) is 12.9. The van der Waals surface area contributed by atoms with Gasteiger partial charge in [-0.1, -0.05) is 45.4 Å². The van der Waals surface area contributed by atoms with Gasteiger partial charge in [-0.15, -0.1) is 0 Å². The summed E-state index contributed by atoms with van der Waals surface area (Å²) in [4.78, 5) is 0. The minimum absolute atomic E-state index is 0.352. The summed E-state index contributed by atoms with van der Waals surface area (Å²) < 4.78 is 2.18. The zero-order chi connectivity index (χ0) is 12.5. The first kappa shape index (κ1) is 14.3. The van der Waals surface area contributed by atoms with Crippen LogP contribution in [0.1, 0.15) is 70.6 Å². The summed E-state index contributed by atoms with van der Waals surface area (Å²) in [5.74, 6) is 0. The predicted octanol–water partition coefficient (Wildman–Crippen LogP) is 4.29. The molecule has 2 heteroatoms. The van der Waals surface area contributed by atoms with E-state index < -0.39 is 0 Å². The number of aromatic nitrogens is 1. The first-order valence-corrected chi connectivity index (χ1v) is 7.08. The van der Waals surface area contributed by atoms with Crippen LogP contribution in [0.15, 0.2) is 18.3 Å². The molecule has 98 valence electrons. The Morgan fingerprint density at radius 3 is 2.41 bits per heavy atom. The highest BCUT2D eigenvalue weighted by Crippen LogP contribution is 2.14. The topological polar surface area (TPSA) is 25.2 Å². The van der Waals surface area contributed by atoms with Gasteiger partial charge in [0.05, 0.1) is 6.10 Å². The van der Waals surface area contributed by atoms with Gasteiger partial charge in [-0.05, 0) is 25.5 Å². The molecular formula is C15H27NO. The van der Waals surface area contributed by atoms with Crippen molar-refractivity contribution in [1.29, 1.82) is 0 Å². The second-order valence-corrected chi connectivity index (χ2v) is 4.92. The van der Waals surface area contributed by atoms with E-state index >= 15 is 0 Å². The molecule has 1 aromatic rings. The lowest BCUT2D eigenvalue weighted by molar-refractivity contribution is 0.188. The van der Waals surface area contributed by atoms with Crippen molar-refractivity contribution in [3.63, 3.8) is 0 Å². The van der Waals surface area contributed by atoms with E-state index in [4.69, 9.17) is 0 Å². The minimum Gasteiger partial charge on any atom is -0.387 e. The molecule has 0 saturated heterocycles. The van der Waals surface area contributed by atoms with E-state index in [1.54, 1.807) is 0 Å². The second-order valence-electron chi connectivity index (χ2n) is 4.92. The molecule has 1 atom stereocenters. The summed E-state index contributed by atoms with van der Waals surface area (Å²) >= 11 is 0. The summed E-state index contributed by atoms with van der Waals surface area (Å²) in [5.41, 5.74) is 1.04. The van der Waals surface area contributed by atoms with E-state index in [9.17, 15) is 5.11 Å². The first-order chi connectivity index (χ1) is 8.25. The number of rotatable bonds is 9. The largest absolute Gasteiger partial charge is 0.387 e. The van der Waals surface area contributed by atoms with Crippen molar-refractivity contribution in [1.82, 2.24) is 4.57 Å². The average molecular weight is 237 g/mol. The molecule has 0 spiro atoms. The van der Waals surface area contributed by atoms with E-state index in [1.165, 1.54) is 44.9 Å². The number of hydrogen-bond donors (Lipinski definition) is 1. The van der Waals surface area contributed by atoms with Crippen molar-refractivity contribution in [2.24, 2.45) is 0 Å². The number of hydrogen-bond acceptors (Lipinski definition) is 1. The maximum Gasteiger partial charge on any atom is 0.0911 e. The predicted molar refractivity (Wildman–Crippen MR) is 73.1 cm³/mol. The number of aryl methyl sites for hydroxylation is 1. The fraction of sp³-hybridized carbons (Fsp3) is 0.733. The smallest absolute Gasteiger partial charge is 0.0911 e. The molecule has 0 bridgehead atoms. The second kappa shape index (κ2) is 8.35. The van der Waals surface area contributed by atoms with E-state index in [1.807, 2.05) is 19.1 Å². The van der Waals surface area contributed by atoms with Gasteiger partial charge < -0.3 is 9.67 Å². The van der Waals surface area contributed by atoms with Crippen molar-refractivity contribution < 1.29 is 5.11 Å². The molecule has 0 aliphatic rings. The molecule has 1 unspecified atom stereocenters. The Kier molecular flexibility index (Phi) is 7.02. The minimum atomic E-state index is -0.352. The van der Waals surface area contributed by atoms with E-state index in [0.717, 1.165) is 12.2 Å². The van der Waals surface area contributed by atoms with Crippen molar-refractivity contribution in [2.45, 2.75) is 71.4 Å². The van der Waals surface area contributed by atoms with Crippen LogP contribution in [-0.2, 0) is 6.54 Å². The molecule has 0 aliphatic heterocycles. The van der Waals surface area contributed by atoms with Crippen LogP contribution >= 0.6 is 0 Å². The van der Waals surface area contributed by atoms with Crippen LogP contribution in [0, 0.1) is 0 Å². The molecule has 17 heavy (non-hydrogen) atoms. The molecule has 0 aliphatic carbocycles. The zero-order valence-electron chi connectivity index (χ0n) is 11.4. The molecule has 1 rings (SSSR count). The number of nitrogens with zero attached hydrogens (tertiary/aromatic N) is 1. The van der Waals surface area contributed by atoms with Gasteiger partial charge in [0, 0.05) is 18.4 Å². The summed E-state index contributed by atoms with van der Waals surface area (Å²) in [5, 5.41) is 9.57. The van der Waals surface area contributed by atoms with Gasteiger partial charge in [0.1, 0.15) is 0 Å². The third-order valence-corrected chi connectivity index (χ3v) is 3.30. The van der Waals surface area contributed by atoms with Crippen LogP contribution < -0.4 is 0 Å². The van der Waals surface area contributed by atoms with Crippen LogP contribution in [0.5, 0.6) is 0 Å². The number of unbranched alkanes of at least 4 members (excludes halogenated alkanes) is 6. The summed E-state index contributed by atoms with van der Waals surface area (Å²) in [6.45, 7) is 5.13. The Labute approximate surface area is 106 Å². The van der Waals surface area contributed by atoms with Gasteiger partial charge in [-0.25, -0.2) is 0 Å². The molecule has 0 amide bonds. The highest BCUT2D eigenvalue weighted by molar-refractivity contribution is 5.09. The third-order valence-electron chi connectivity index (χ3n) is 3.30. The lowest BCUT2D eigenvalue weighted by atomic mass is 10.1. The quantitative estimate of drug-likeness (QED) is 0.637. The van der Waals surface area contributed by atoms with Gasteiger partial charge in [0.15, 0.2) is 0 Å². The van der Waals surface area contributed by atoms with Gasteiger partial charge in [0.2, 0.25) is 0 Å². The first-order valence-electron chi connectivity index (χ1n) is 7.08. The van der Waals surface area contributed by atoms with Crippen LogP contribution in [0.4, 0.5) is 0 Å². The Balaban J connectivity index is 2.11. The van der Waals surface area contributed by atoms with Gasteiger partial charge in [-0.2, -0.15) is 0 Å². The van der Waals surface area contributed by atoms with Crippen molar-refractivity contribution in [2.75, 3.05) is 0 Å². The van der Waals surface area contributed by atoms with Crippen LogP contribution in [0.25, 0.3) is 0 Å². The van der Waals surface area contributed by atoms with E-state index in [2.05, 4.69) is 17.7 Å². The van der Waals surface area contributed by atoms with Crippen LogP contribution in [0.2, 0.25) is 0 Å². The molecule has 0 radical (unpaired) electrons. The Bertz CT molecular complexity index is 291. The highest BCUT2D eigenvalue weighted by atomic mass is 16.3. The van der Waals surface area contributed by atoms with Crippen molar-refractivity contribution in [3.05, 3.63) is 24.0 Å². The van der Waals surface area contributed by atoms with Crippen molar-refractivity contribution in [3.8, 4) is 0 Å². The summed E-state index contributed by atoms with van der Waals surface area (Å²) in [6.07, 6.45) is 11.1. The summed E-state index contributed by atoms with van der Waals surface area (Å²) in [6, 6.07) is 4.02. The van der Waals surface area contributed by atoms with E-state index in [0.29, 0.717) is 0 Å². The maximum atomic E-state index is 9.57. The van der Waals surface area contributed by atoms with E-state index in [-0.39, 0.29) is 6.10 Å². The molecule has 1 heterocycles. The Hall–Kier alpha value is -0.760. The van der Waals surface area contributed by atoms with Crippen LogP contribution in [-0.4, -0.2) is 9.67 Å². The van der Waals surface area contributed by atoms with Crippen molar-refractivity contribution >= 4 is 0 Å². The SMILES string of the molecule is CCCCCCCCCn1cccc1C(C)O. The van der Waals surface area contributed by atoms with Gasteiger partial charge in [-0.3, -0.25) is 0 Å². The molecular weight excluding hydrogens is 210 g/mol. The zero-order valence-corrected chi connectivity index (χ0v) is 11.4. The number of aliphatic hydroxyl groups is 1. The summed E-state index contributed by atoms with van der Waals surface area (Å²) in [7, 11) is 0. The average Bonchev–Trinajstić information content (AvgIpc) is 2.76. The lowest BCUT2D eigenvalue weighted by Gasteiger charge is -2.11. The van der Waals surface area contributed by atoms with Gasteiger partial charge >= 0.3 is 0 Å². The molecule has 0 aromatic carbocycles. The fourth-order valence-corrected chi connectivity index (χ4v) is 2.25. The third kappa shape index (κ3) is 5.40. The fourth-order valence-electron chi connectivity index (χ4n) is 2.25. The standard InChI is InChI=1S/C15H27NO/c1-3-4-5-6-7-8-9-12-16-13-10-11-15(16)14(2)17/h10-11,13-14,17H,3-9,12H2,1-2H3. The maximum absolute atomic E-state index is 9.57. The Morgan fingerprint density at radius 2 is 1.76 bits per heavy atom. The highest BCUT2D eigenvalue weighted by Gasteiger charge is 2.05.